The molecule has 0 radical (unpaired) electrons. The molecule has 0 unspecified atom stereocenters. The molecule has 0 aromatic heterocycles. The third kappa shape index (κ3) is 3.45. The number of aliphatic hydroxyl groups excluding tert-OH is 2. The minimum atomic E-state index is -0.227. The Morgan fingerprint density at radius 3 is 2.40 bits per heavy atom. The van der Waals surface area contributed by atoms with E-state index in [4.69, 9.17) is 4.74 Å². The molecule has 0 aromatic rings. The number of carbonyl (C=O) groups excluding carboxylic acids is 1. The second-order valence-corrected chi connectivity index (χ2v) is 11.7. The Hall–Kier alpha value is -0.610. The highest BCUT2D eigenvalue weighted by molar-refractivity contribution is 5.66. The van der Waals surface area contributed by atoms with E-state index in [2.05, 4.69) is 20.8 Å². The smallest absolute Gasteiger partial charge is 0.302 e. The molecule has 0 aliphatic heterocycles. The largest absolute Gasteiger partial charge is 0.463 e. The highest BCUT2D eigenvalue weighted by Crippen LogP contribution is 2.69. The zero-order valence-electron chi connectivity index (χ0n) is 19.6. The Morgan fingerprint density at radius 1 is 1.03 bits per heavy atom. The van der Waals surface area contributed by atoms with Gasteiger partial charge in [-0.3, -0.25) is 4.79 Å². The van der Waals surface area contributed by atoms with Crippen LogP contribution in [-0.2, 0) is 9.53 Å². The molecule has 0 aromatic carbocycles. The SMILES string of the molecule is CC[C@H]1[C@@H](O)[C@@H]2[C@H](CC[C@]3(C)[C@@H](CCCO)CC[C@@H]23)[C@@]2(C)CC[C@@H](OC(C)=O)C[C@@H]12. The second-order valence-electron chi connectivity index (χ2n) is 11.7. The van der Waals surface area contributed by atoms with Gasteiger partial charge in [-0.25, -0.2) is 0 Å². The monoisotopic (exact) mass is 420 g/mol. The van der Waals surface area contributed by atoms with Crippen molar-refractivity contribution in [2.24, 2.45) is 46.3 Å². The molecule has 10 atom stereocenters. The van der Waals surface area contributed by atoms with Crippen molar-refractivity contribution in [2.45, 2.75) is 104 Å². The van der Waals surface area contributed by atoms with Crippen LogP contribution in [0, 0.1) is 46.3 Å². The number of hydrogen-bond acceptors (Lipinski definition) is 4. The third-order valence-corrected chi connectivity index (χ3v) is 10.6. The number of hydrogen-bond donors (Lipinski definition) is 2. The Balaban J connectivity index is 1.61. The molecule has 0 amide bonds. The van der Waals surface area contributed by atoms with E-state index >= 15 is 0 Å². The van der Waals surface area contributed by atoms with Crippen molar-refractivity contribution in [1.29, 1.82) is 0 Å². The molecular formula is C26H44O4. The van der Waals surface area contributed by atoms with Crippen LogP contribution in [0.5, 0.6) is 0 Å². The Kier molecular flexibility index (Phi) is 6.31. The molecule has 0 heterocycles. The summed E-state index contributed by atoms with van der Waals surface area (Å²) in [7, 11) is 0. The molecule has 2 N–H and O–H groups in total. The van der Waals surface area contributed by atoms with Crippen LogP contribution in [0.3, 0.4) is 0 Å². The number of fused-ring (bicyclic) bond motifs is 5. The normalized spacial score (nSPS) is 50.3. The van der Waals surface area contributed by atoms with Gasteiger partial charge in [0.15, 0.2) is 0 Å². The predicted molar refractivity (Wildman–Crippen MR) is 118 cm³/mol. The van der Waals surface area contributed by atoms with E-state index in [9.17, 15) is 15.0 Å². The maximum absolute atomic E-state index is 11.8. The van der Waals surface area contributed by atoms with E-state index in [0.717, 1.165) is 38.5 Å². The van der Waals surface area contributed by atoms with Crippen LogP contribution in [0.1, 0.15) is 91.9 Å². The van der Waals surface area contributed by atoms with E-state index in [1.54, 1.807) is 0 Å². The average molecular weight is 421 g/mol. The van der Waals surface area contributed by atoms with Crippen LogP contribution >= 0.6 is 0 Å². The van der Waals surface area contributed by atoms with Gasteiger partial charge in [0.2, 0.25) is 0 Å². The fourth-order valence-corrected chi connectivity index (χ4v) is 9.20. The van der Waals surface area contributed by atoms with Gasteiger partial charge in [0.1, 0.15) is 6.10 Å². The van der Waals surface area contributed by atoms with Crippen LogP contribution in [0.2, 0.25) is 0 Å². The highest BCUT2D eigenvalue weighted by Gasteiger charge is 2.64. The molecule has 4 aliphatic rings. The maximum Gasteiger partial charge on any atom is 0.302 e. The van der Waals surface area contributed by atoms with E-state index in [0.29, 0.717) is 47.5 Å². The lowest BCUT2D eigenvalue weighted by atomic mass is 9.41. The fraction of sp³-hybridized carbons (Fsp3) is 0.962. The fourth-order valence-electron chi connectivity index (χ4n) is 9.20. The zero-order chi connectivity index (χ0) is 21.7. The lowest BCUT2D eigenvalue weighted by Gasteiger charge is -2.64. The quantitative estimate of drug-likeness (QED) is 0.617. The van der Waals surface area contributed by atoms with Crippen molar-refractivity contribution < 1.29 is 19.7 Å². The van der Waals surface area contributed by atoms with Crippen molar-refractivity contribution in [3.8, 4) is 0 Å². The molecule has 0 spiro atoms. The summed E-state index contributed by atoms with van der Waals surface area (Å²) in [5.41, 5.74) is 0.583. The molecule has 4 aliphatic carbocycles. The molecule has 30 heavy (non-hydrogen) atoms. The Morgan fingerprint density at radius 2 is 1.73 bits per heavy atom. The van der Waals surface area contributed by atoms with Gasteiger partial charge < -0.3 is 14.9 Å². The van der Waals surface area contributed by atoms with Gasteiger partial charge in [0.05, 0.1) is 6.10 Å². The molecular weight excluding hydrogens is 376 g/mol. The molecule has 4 rings (SSSR count). The Bertz CT molecular complexity index is 635. The molecule has 4 saturated carbocycles. The van der Waals surface area contributed by atoms with Crippen molar-refractivity contribution in [1.82, 2.24) is 0 Å². The zero-order valence-corrected chi connectivity index (χ0v) is 19.6. The van der Waals surface area contributed by atoms with Crippen LogP contribution in [0.15, 0.2) is 0 Å². The minimum Gasteiger partial charge on any atom is -0.463 e. The van der Waals surface area contributed by atoms with Gasteiger partial charge in [0, 0.05) is 13.5 Å². The van der Waals surface area contributed by atoms with Crippen molar-refractivity contribution in [2.75, 3.05) is 6.61 Å². The minimum absolute atomic E-state index is 0.0292. The summed E-state index contributed by atoms with van der Waals surface area (Å²) in [6.45, 7) is 9.07. The highest BCUT2D eigenvalue weighted by atomic mass is 16.5. The lowest BCUT2D eigenvalue weighted by Crippen LogP contribution is -2.62. The van der Waals surface area contributed by atoms with E-state index < -0.39 is 0 Å². The van der Waals surface area contributed by atoms with Gasteiger partial charge in [-0.2, -0.15) is 0 Å². The molecule has 0 bridgehead atoms. The number of esters is 1. The van der Waals surface area contributed by atoms with E-state index in [1.807, 2.05) is 0 Å². The van der Waals surface area contributed by atoms with Gasteiger partial charge in [-0.15, -0.1) is 0 Å². The number of carbonyl (C=O) groups is 1. The summed E-state index contributed by atoms with van der Waals surface area (Å²) in [5.74, 6) is 2.93. The summed E-state index contributed by atoms with van der Waals surface area (Å²) in [4.78, 5) is 11.6. The molecule has 172 valence electrons. The van der Waals surface area contributed by atoms with Crippen LogP contribution in [0.4, 0.5) is 0 Å². The first-order valence-corrected chi connectivity index (χ1v) is 12.7. The molecule has 4 fully saturated rings. The summed E-state index contributed by atoms with van der Waals surface area (Å²) in [6, 6.07) is 0. The molecule has 0 saturated heterocycles. The summed E-state index contributed by atoms with van der Waals surface area (Å²) in [6.07, 6.45) is 10.9. The number of rotatable bonds is 5. The summed E-state index contributed by atoms with van der Waals surface area (Å²) in [5, 5.41) is 21.1. The first-order chi connectivity index (χ1) is 14.3. The van der Waals surface area contributed by atoms with Gasteiger partial charge in [-0.05, 0) is 104 Å². The summed E-state index contributed by atoms with van der Waals surface area (Å²) >= 11 is 0. The lowest BCUT2D eigenvalue weighted by molar-refractivity contribution is -0.206. The average Bonchev–Trinajstić information content (AvgIpc) is 3.03. The first-order valence-electron chi connectivity index (χ1n) is 12.7. The summed E-state index contributed by atoms with van der Waals surface area (Å²) < 4.78 is 5.65. The van der Waals surface area contributed by atoms with Gasteiger partial charge in [0.25, 0.3) is 0 Å². The predicted octanol–water partition coefficient (Wildman–Crippen LogP) is 4.96. The van der Waals surface area contributed by atoms with E-state index in [1.165, 1.54) is 32.6 Å². The van der Waals surface area contributed by atoms with Crippen LogP contribution in [-0.4, -0.2) is 35.0 Å². The van der Waals surface area contributed by atoms with E-state index in [-0.39, 0.29) is 23.6 Å². The Labute approximate surface area is 183 Å². The second kappa shape index (κ2) is 8.39. The maximum atomic E-state index is 11.8. The number of aliphatic hydroxyl groups is 2. The third-order valence-electron chi connectivity index (χ3n) is 10.6. The van der Waals surface area contributed by atoms with Crippen LogP contribution in [0.25, 0.3) is 0 Å². The standard InChI is InChI=1S/C26H44O4/c1-5-19-22-15-18(30-16(2)28)10-12-26(22,4)21-11-13-25(3)17(7-6-14-27)8-9-20(25)23(21)24(19)29/h17-24,27,29H,5-15H2,1-4H3/t17-,18+,19+,20-,21-,22-,23-,24+,25+,26+/m0/s1. The first kappa shape index (κ1) is 22.6. The van der Waals surface area contributed by atoms with Crippen molar-refractivity contribution in [3.05, 3.63) is 0 Å². The van der Waals surface area contributed by atoms with Crippen LogP contribution < -0.4 is 0 Å². The topological polar surface area (TPSA) is 66.8 Å². The van der Waals surface area contributed by atoms with Gasteiger partial charge in [-0.1, -0.05) is 27.2 Å². The number of ether oxygens (including phenoxy) is 1. The molecule has 4 nitrogen and oxygen atoms in total. The van der Waals surface area contributed by atoms with Crippen molar-refractivity contribution in [3.63, 3.8) is 0 Å². The molecule has 4 heteroatoms. The van der Waals surface area contributed by atoms with Crippen molar-refractivity contribution >= 4 is 5.97 Å². The van der Waals surface area contributed by atoms with Gasteiger partial charge >= 0.3 is 5.97 Å².